The molecule has 0 radical (unpaired) electrons. The molecule has 1 aromatic heterocycles. The van der Waals surface area contributed by atoms with Crippen LogP contribution in [-0.2, 0) is 0 Å². The van der Waals surface area contributed by atoms with Crippen molar-refractivity contribution in [2.75, 3.05) is 13.2 Å². The minimum absolute atomic E-state index is 0.156. The standard InChI is InChI=1S/C15H17BrClNO2S/c1-10(14-5-6-15(17)21-14)18-8-12(19)9-20-13-4-2-3-11(16)7-13/h2-7,10,12,18-19H,8-9H2,1H3. The van der Waals surface area contributed by atoms with E-state index in [1.807, 2.05) is 43.3 Å². The molecule has 1 heterocycles. The van der Waals surface area contributed by atoms with E-state index in [9.17, 15) is 5.11 Å². The predicted octanol–water partition coefficient (Wildman–Crippen LogP) is 4.25. The van der Waals surface area contributed by atoms with Crippen molar-refractivity contribution in [1.82, 2.24) is 5.32 Å². The number of rotatable bonds is 7. The van der Waals surface area contributed by atoms with Crippen LogP contribution in [0.5, 0.6) is 5.75 Å². The van der Waals surface area contributed by atoms with Gasteiger partial charge in [0.2, 0.25) is 0 Å². The average molecular weight is 391 g/mol. The molecule has 0 saturated carbocycles. The van der Waals surface area contributed by atoms with Crippen LogP contribution < -0.4 is 10.1 Å². The molecule has 114 valence electrons. The van der Waals surface area contributed by atoms with Crippen LogP contribution in [0.4, 0.5) is 0 Å². The molecule has 2 aromatic rings. The molecule has 21 heavy (non-hydrogen) atoms. The molecule has 3 nitrogen and oxygen atoms in total. The fourth-order valence-electron chi connectivity index (χ4n) is 1.78. The molecule has 0 aliphatic rings. The number of halogens is 2. The number of aliphatic hydroxyl groups is 1. The third-order valence-corrected chi connectivity index (χ3v) is 4.83. The van der Waals surface area contributed by atoms with Crippen molar-refractivity contribution in [2.45, 2.75) is 19.1 Å². The first kappa shape index (κ1) is 16.8. The van der Waals surface area contributed by atoms with Gasteiger partial charge in [-0.2, -0.15) is 0 Å². The molecule has 0 spiro atoms. The Bertz CT molecular complexity index is 578. The Morgan fingerprint density at radius 1 is 1.38 bits per heavy atom. The van der Waals surface area contributed by atoms with Crippen LogP contribution in [0.1, 0.15) is 17.8 Å². The van der Waals surface area contributed by atoms with E-state index < -0.39 is 6.10 Å². The van der Waals surface area contributed by atoms with Crippen molar-refractivity contribution in [2.24, 2.45) is 0 Å². The van der Waals surface area contributed by atoms with Crippen LogP contribution >= 0.6 is 38.9 Å². The van der Waals surface area contributed by atoms with E-state index in [1.54, 1.807) is 11.3 Å². The summed E-state index contributed by atoms with van der Waals surface area (Å²) in [7, 11) is 0. The van der Waals surface area contributed by atoms with Crippen molar-refractivity contribution >= 4 is 38.9 Å². The molecule has 6 heteroatoms. The van der Waals surface area contributed by atoms with Gasteiger partial charge in [-0.05, 0) is 37.3 Å². The van der Waals surface area contributed by atoms with Gasteiger partial charge >= 0.3 is 0 Å². The molecule has 2 unspecified atom stereocenters. The Kier molecular flexibility index (Phi) is 6.51. The summed E-state index contributed by atoms with van der Waals surface area (Å²) in [5.41, 5.74) is 0. The highest BCUT2D eigenvalue weighted by Crippen LogP contribution is 2.26. The lowest BCUT2D eigenvalue weighted by molar-refractivity contribution is 0.104. The van der Waals surface area contributed by atoms with Crippen LogP contribution in [0, 0.1) is 0 Å². The van der Waals surface area contributed by atoms with Crippen LogP contribution in [0.3, 0.4) is 0 Å². The summed E-state index contributed by atoms with van der Waals surface area (Å²) in [5.74, 6) is 0.738. The van der Waals surface area contributed by atoms with Crippen LogP contribution in [0.15, 0.2) is 40.9 Å². The monoisotopic (exact) mass is 389 g/mol. The minimum atomic E-state index is -0.568. The molecule has 0 amide bonds. The predicted molar refractivity (Wildman–Crippen MR) is 91.4 cm³/mol. The maximum atomic E-state index is 9.96. The fourth-order valence-corrected chi connectivity index (χ4v) is 3.25. The first-order chi connectivity index (χ1) is 10.0. The van der Waals surface area contributed by atoms with Crippen molar-refractivity contribution in [3.8, 4) is 5.75 Å². The van der Waals surface area contributed by atoms with Crippen molar-refractivity contribution < 1.29 is 9.84 Å². The van der Waals surface area contributed by atoms with Crippen LogP contribution in [-0.4, -0.2) is 24.4 Å². The molecule has 0 saturated heterocycles. The Hall–Kier alpha value is -0.590. The van der Waals surface area contributed by atoms with Crippen LogP contribution in [0.25, 0.3) is 0 Å². The van der Waals surface area contributed by atoms with E-state index in [0.29, 0.717) is 6.54 Å². The largest absolute Gasteiger partial charge is 0.491 e. The summed E-state index contributed by atoms with van der Waals surface area (Å²) in [6.07, 6.45) is -0.568. The van der Waals surface area contributed by atoms with Gasteiger partial charge in [-0.3, -0.25) is 0 Å². The van der Waals surface area contributed by atoms with E-state index in [4.69, 9.17) is 16.3 Å². The lowest BCUT2D eigenvalue weighted by Gasteiger charge is -2.16. The summed E-state index contributed by atoms with van der Waals surface area (Å²) in [4.78, 5) is 1.15. The Labute approximate surface area is 142 Å². The lowest BCUT2D eigenvalue weighted by Crippen LogP contribution is -2.32. The van der Waals surface area contributed by atoms with E-state index in [2.05, 4.69) is 21.2 Å². The zero-order valence-corrected chi connectivity index (χ0v) is 14.7. The molecule has 0 aliphatic carbocycles. The first-order valence-corrected chi connectivity index (χ1v) is 8.58. The van der Waals surface area contributed by atoms with Gasteiger partial charge in [-0.1, -0.05) is 33.6 Å². The molecule has 0 aliphatic heterocycles. The molecule has 0 bridgehead atoms. The molecular weight excluding hydrogens is 374 g/mol. The summed E-state index contributed by atoms with van der Waals surface area (Å²) in [6.45, 7) is 2.76. The number of thiophene rings is 1. The van der Waals surface area contributed by atoms with Gasteiger partial charge in [0.25, 0.3) is 0 Å². The average Bonchev–Trinajstić information content (AvgIpc) is 2.89. The van der Waals surface area contributed by atoms with Gasteiger partial charge in [0.1, 0.15) is 18.5 Å². The molecule has 2 atom stereocenters. The highest BCUT2D eigenvalue weighted by molar-refractivity contribution is 9.10. The highest BCUT2D eigenvalue weighted by atomic mass is 79.9. The number of nitrogens with one attached hydrogen (secondary N) is 1. The number of ether oxygens (including phenoxy) is 1. The zero-order valence-electron chi connectivity index (χ0n) is 11.6. The number of aliphatic hydroxyl groups excluding tert-OH is 1. The van der Waals surface area contributed by atoms with E-state index in [0.717, 1.165) is 19.4 Å². The minimum Gasteiger partial charge on any atom is -0.491 e. The number of hydrogen-bond acceptors (Lipinski definition) is 4. The number of benzene rings is 1. The second kappa shape index (κ2) is 8.15. The lowest BCUT2D eigenvalue weighted by atomic mass is 10.2. The molecule has 2 rings (SSSR count). The molecular formula is C15H17BrClNO2S. The van der Waals surface area contributed by atoms with E-state index in [1.165, 1.54) is 0 Å². The Morgan fingerprint density at radius 3 is 2.86 bits per heavy atom. The first-order valence-electron chi connectivity index (χ1n) is 6.59. The van der Waals surface area contributed by atoms with Gasteiger partial charge < -0.3 is 15.2 Å². The smallest absolute Gasteiger partial charge is 0.120 e. The Morgan fingerprint density at radius 2 is 2.19 bits per heavy atom. The third kappa shape index (κ3) is 5.60. The van der Waals surface area contributed by atoms with Gasteiger partial charge in [0, 0.05) is 21.9 Å². The maximum absolute atomic E-state index is 9.96. The molecule has 0 fully saturated rings. The van der Waals surface area contributed by atoms with Gasteiger partial charge in [-0.15, -0.1) is 11.3 Å². The quantitative estimate of drug-likeness (QED) is 0.742. The number of hydrogen-bond donors (Lipinski definition) is 2. The normalized spacial score (nSPS) is 13.9. The maximum Gasteiger partial charge on any atom is 0.120 e. The summed E-state index contributed by atoms with van der Waals surface area (Å²) >= 11 is 10.8. The van der Waals surface area contributed by atoms with E-state index in [-0.39, 0.29) is 12.6 Å². The second-order valence-electron chi connectivity index (χ2n) is 4.69. The molecule has 2 N–H and O–H groups in total. The second-order valence-corrected chi connectivity index (χ2v) is 7.36. The van der Waals surface area contributed by atoms with Gasteiger partial charge in [0.15, 0.2) is 0 Å². The topological polar surface area (TPSA) is 41.5 Å². The van der Waals surface area contributed by atoms with Gasteiger partial charge in [0.05, 0.1) is 4.34 Å². The van der Waals surface area contributed by atoms with E-state index >= 15 is 0 Å². The summed E-state index contributed by atoms with van der Waals surface area (Å²) in [5, 5.41) is 13.2. The third-order valence-electron chi connectivity index (χ3n) is 2.92. The SMILES string of the molecule is CC(NCC(O)COc1cccc(Br)c1)c1ccc(Cl)s1. The van der Waals surface area contributed by atoms with Crippen molar-refractivity contribution in [1.29, 1.82) is 0 Å². The van der Waals surface area contributed by atoms with Gasteiger partial charge in [-0.25, -0.2) is 0 Å². The highest BCUT2D eigenvalue weighted by Gasteiger charge is 2.11. The Balaban J connectivity index is 1.73. The van der Waals surface area contributed by atoms with Crippen LogP contribution in [0.2, 0.25) is 4.34 Å². The fraction of sp³-hybridized carbons (Fsp3) is 0.333. The summed E-state index contributed by atoms with van der Waals surface area (Å²) in [6, 6.07) is 11.6. The summed E-state index contributed by atoms with van der Waals surface area (Å²) < 4.78 is 7.28. The van der Waals surface area contributed by atoms with Crippen molar-refractivity contribution in [3.63, 3.8) is 0 Å². The van der Waals surface area contributed by atoms with Crippen molar-refractivity contribution in [3.05, 3.63) is 50.1 Å². The molecule has 1 aromatic carbocycles. The zero-order chi connectivity index (χ0) is 15.2.